The summed E-state index contributed by atoms with van der Waals surface area (Å²) >= 11 is 0. The fourth-order valence-electron chi connectivity index (χ4n) is 9.07. The number of hydrogen-bond donors (Lipinski definition) is 16. The first kappa shape index (κ1) is 65.0. The van der Waals surface area contributed by atoms with E-state index in [1.165, 1.54) is 13.8 Å². The Morgan fingerprint density at radius 3 is 1.60 bits per heavy atom. The molecule has 2 fully saturated rings. The van der Waals surface area contributed by atoms with Crippen molar-refractivity contribution < 1.29 is 63.3 Å². The van der Waals surface area contributed by atoms with Crippen molar-refractivity contribution in [2.75, 3.05) is 32.8 Å². The van der Waals surface area contributed by atoms with Crippen LogP contribution in [0.25, 0.3) is 0 Å². The third-order valence-electron chi connectivity index (χ3n) is 13.6. The molecule has 1 aromatic rings. The Labute approximate surface area is 449 Å². The second-order valence-electron chi connectivity index (χ2n) is 20.4. The van der Waals surface area contributed by atoms with Gasteiger partial charge in [-0.15, -0.1) is 0 Å². The van der Waals surface area contributed by atoms with Crippen molar-refractivity contribution in [3.63, 3.8) is 0 Å². The van der Waals surface area contributed by atoms with E-state index in [1.54, 1.807) is 51.1 Å². The Bertz CT molecular complexity index is 2130. The molecule has 432 valence electrons. The quantitative estimate of drug-likeness (QED) is 0.0583. The number of nitrogens with one attached hydrogen (secondary N) is 10. The van der Waals surface area contributed by atoms with E-state index >= 15 is 0 Å². The van der Waals surface area contributed by atoms with Gasteiger partial charge in [0, 0.05) is 18.9 Å². The van der Waals surface area contributed by atoms with Gasteiger partial charge in [-0.1, -0.05) is 70.4 Å². The van der Waals surface area contributed by atoms with Gasteiger partial charge in [-0.25, -0.2) is 0 Å². The maximum atomic E-state index is 14.4. The summed E-state index contributed by atoms with van der Waals surface area (Å²) in [5.41, 5.74) is 18.2. The van der Waals surface area contributed by atoms with Crippen LogP contribution in [0.15, 0.2) is 30.3 Å². The second kappa shape index (κ2) is 33.1. The van der Waals surface area contributed by atoms with E-state index in [2.05, 4.69) is 53.2 Å². The zero-order valence-electron chi connectivity index (χ0n) is 44.9. The fraction of sp³-hybridized carbons (Fsp3) is 0.686. The number of aliphatic hydroxyl groups is 3. The number of carbonyl (C=O) groups excluding carboxylic acids is 10. The summed E-state index contributed by atoms with van der Waals surface area (Å²) in [6.07, 6.45) is 0.548. The van der Waals surface area contributed by atoms with Gasteiger partial charge in [-0.3, -0.25) is 47.9 Å². The van der Waals surface area contributed by atoms with Crippen molar-refractivity contribution in [1.82, 2.24) is 53.2 Å². The zero-order valence-corrected chi connectivity index (χ0v) is 44.9. The second-order valence-corrected chi connectivity index (χ2v) is 20.4. The molecular weight excluding hydrogens is 1000 g/mol. The molecular formula is C51H85N13O13. The highest BCUT2D eigenvalue weighted by molar-refractivity contribution is 5.99. The van der Waals surface area contributed by atoms with Crippen LogP contribution in [-0.4, -0.2) is 174 Å². The van der Waals surface area contributed by atoms with Crippen molar-refractivity contribution in [2.45, 2.75) is 172 Å². The lowest BCUT2D eigenvalue weighted by Crippen LogP contribution is -2.62. The minimum absolute atomic E-state index is 0.0543. The van der Waals surface area contributed by atoms with Gasteiger partial charge in [-0.05, 0) is 95.8 Å². The molecule has 12 atom stereocenters. The smallest absolute Gasteiger partial charge is 0.245 e. The van der Waals surface area contributed by atoms with Crippen molar-refractivity contribution in [3.05, 3.63) is 35.9 Å². The first-order valence-electron chi connectivity index (χ1n) is 26.7. The topological polar surface area (TPSA) is 430 Å². The lowest BCUT2D eigenvalue weighted by molar-refractivity contribution is -0.137. The van der Waals surface area contributed by atoms with E-state index in [0.29, 0.717) is 5.56 Å². The summed E-state index contributed by atoms with van der Waals surface area (Å²) in [5, 5.41) is 56.9. The molecule has 26 nitrogen and oxygen atoms in total. The summed E-state index contributed by atoms with van der Waals surface area (Å²) < 4.78 is 0. The molecule has 1 aliphatic heterocycles. The molecule has 26 heteroatoms. The van der Waals surface area contributed by atoms with Crippen LogP contribution in [-0.2, 0) is 54.4 Å². The van der Waals surface area contributed by atoms with Gasteiger partial charge in [0.25, 0.3) is 0 Å². The molecule has 0 radical (unpaired) electrons. The van der Waals surface area contributed by atoms with Crippen LogP contribution in [0, 0.1) is 17.8 Å². The van der Waals surface area contributed by atoms with E-state index in [9.17, 15) is 63.3 Å². The summed E-state index contributed by atoms with van der Waals surface area (Å²) in [6, 6.07) is -5.06. The van der Waals surface area contributed by atoms with Gasteiger partial charge in [0.2, 0.25) is 59.1 Å². The first-order valence-corrected chi connectivity index (χ1v) is 26.7. The number of carbonyl (C=O) groups is 10. The minimum Gasteiger partial charge on any atom is -0.394 e. The van der Waals surface area contributed by atoms with Crippen molar-refractivity contribution >= 4 is 59.1 Å². The van der Waals surface area contributed by atoms with E-state index in [0.717, 1.165) is 32.1 Å². The monoisotopic (exact) mass is 1090 g/mol. The average Bonchev–Trinajstić information content (AvgIpc) is 3.39. The molecule has 2 aliphatic rings. The average molecular weight is 1090 g/mol. The van der Waals surface area contributed by atoms with Gasteiger partial charge < -0.3 is 85.7 Å². The SMILES string of the molecule is CC(C)C[C@@H]1NC(=O)[C@@H](Cc2ccccc2)NC(=O)[C@H](CCN)NC(=O)[C@@H](NC(=O)[C@@H](CO)NC(=O)C(NC(=O)C(C)C2CCCCC2)C(C)O)CCNC(=O)C(C(C)O)NC(=O)[C@H](CCN)NC(=O)[C@H](CCN)NC1=O. The molecule has 0 aromatic heterocycles. The van der Waals surface area contributed by atoms with Crippen LogP contribution < -0.4 is 70.4 Å². The highest BCUT2D eigenvalue weighted by Gasteiger charge is 2.38. The maximum Gasteiger partial charge on any atom is 0.245 e. The van der Waals surface area contributed by atoms with Crippen LogP contribution in [0.3, 0.4) is 0 Å². The number of nitrogens with two attached hydrogens (primary N) is 3. The third-order valence-corrected chi connectivity index (χ3v) is 13.6. The molecule has 1 saturated heterocycles. The summed E-state index contributed by atoms with van der Waals surface area (Å²) in [5.74, 6) is -9.66. The molecule has 0 spiro atoms. The zero-order chi connectivity index (χ0) is 57.4. The third kappa shape index (κ3) is 21.2. The van der Waals surface area contributed by atoms with Crippen LogP contribution in [0.2, 0.25) is 0 Å². The molecule has 5 unspecified atom stereocenters. The molecule has 3 rings (SSSR count). The van der Waals surface area contributed by atoms with E-state index in [1.807, 2.05) is 0 Å². The molecule has 1 heterocycles. The fourth-order valence-corrected chi connectivity index (χ4v) is 9.07. The number of rotatable bonds is 20. The lowest BCUT2D eigenvalue weighted by atomic mass is 9.80. The number of aliphatic hydroxyl groups excluding tert-OH is 3. The standard InChI is InChI=1S/C51H85N13O13/c1-27(2)24-37-47(73)58-33(16-20-52)43(69)57-35(18-22-54)46(72)64-40(29(4)66)50(76)55-23-19-36(45(71)56-34(17-21-53)44(70)61-38(48(74)60-37)25-31-12-8-6-9-13-31)59-49(75)39(26-65)62-51(77)41(30(5)67)63-42(68)28(3)32-14-10-7-11-15-32/h6,8-9,12-13,27-30,32-41,65-67H,7,10-11,14-26,52-54H2,1-5H3,(H,55,76)(H,56,71)(H,57,69)(H,58,73)(H,59,75)(H,60,74)(H,61,70)(H,62,77)(H,63,68)(H,64,72)/t28?,29?,30?,33-,34-,35-,36-,37-,38+,39+,40?,41?/m0/s1. The predicted molar refractivity (Wildman–Crippen MR) is 282 cm³/mol. The van der Waals surface area contributed by atoms with Crippen molar-refractivity contribution in [2.24, 2.45) is 35.0 Å². The van der Waals surface area contributed by atoms with Crippen LogP contribution in [0.4, 0.5) is 0 Å². The highest BCUT2D eigenvalue weighted by atomic mass is 16.3. The highest BCUT2D eigenvalue weighted by Crippen LogP contribution is 2.30. The van der Waals surface area contributed by atoms with Gasteiger partial charge in [0.15, 0.2) is 0 Å². The molecule has 77 heavy (non-hydrogen) atoms. The normalized spacial score (nSPS) is 25.1. The summed E-state index contributed by atoms with van der Waals surface area (Å²) in [4.78, 5) is 139. The van der Waals surface area contributed by atoms with Crippen LogP contribution in [0.1, 0.15) is 104 Å². The largest absolute Gasteiger partial charge is 0.394 e. The van der Waals surface area contributed by atoms with Gasteiger partial charge in [-0.2, -0.15) is 0 Å². The molecule has 10 amide bonds. The first-order chi connectivity index (χ1) is 36.5. The lowest BCUT2D eigenvalue weighted by Gasteiger charge is -2.30. The molecule has 19 N–H and O–H groups in total. The van der Waals surface area contributed by atoms with E-state index < -0.39 is 151 Å². The molecule has 1 saturated carbocycles. The van der Waals surface area contributed by atoms with Crippen molar-refractivity contribution in [3.8, 4) is 0 Å². The summed E-state index contributed by atoms with van der Waals surface area (Å²) in [6.45, 7) is 5.83. The molecule has 0 bridgehead atoms. The Morgan fingerprint density at radius 1 is 0.597 bits per heavy atom. The van der Waals surface area contributed by atoms with Gasteiger partial charge in [0.05, 0.1) is 18.8 Å². The van der Waals surface area contributed by atoms with Crippen LogP contribution in [0.5, 0.6) is 0 Å². The van der Waals surface area contributed by atoms with Crippen LogP contribution >= 0.6 is 0 Å². The Morgan fingerprint density at radius 2 is 1.09 bits per heavy atom. The number of hydrogen-bond acceptors (Lipinski definition) is 16. The molecule has 1 aliphatic carbocycles. The maximum absolute atomic E-state index is 14.4. The van der Waals surface area contributed by atoms with Gasteiger partial charge in [0.1, 0.15) is 54.4 Å². The van der Waals surface area contributed by atoms with Gasteiger partial charge >= 0.3 is 0 Å². The molecule has 1 aromatic carbocycles. The minimum atomic E-state index is -1.79. The summed E-state index contributed by atoms with van der Waals surface area (Å²) in [7, 11) is 0. The Kier molecular flexibility index (Phi) is 27.9. The van der Waals surface area contributed by atoms with E-state index in [4.69, 9.17) is 17.2 Å². The number of benzene rings is 1. The number of amides is 10. The Hall–Kier alpha value is -6.32. The predicted octanol–water partition coefficient (Wildman–Crippen LogP) is -4.83. The van der Waals surface area contributed by atoms with E-state index in [-0.39, 0.29) is 63.6 Å². The van der Waals surface area contributed by atoms with Crippen molar-refractivity contribution in [1.29, 1.82) is 0 Å². The Balaban J connectivity index is 2.07.